The lowest BCUT2D eigenvalue weighted by Gasteiger charge is -1.99. The molecule has 0 N–H and O–H groups in total. The van der Waals surface area contributed by atoms with Crippen molar-refractivity contribution in [3.8, 4) is 23.1 Å². The van der Waals surface area contributed by atoms with Crippen LogP contribution in [0.5, 0.6) is 0 Å². The Balaban J connectivity index is 1.47. The molecule has 25 heavy (non-hydrogen) atoms. The monoisotopic (exact) mass is 324 g/mol. The van der Waals surface area contributed by atoms with Crippen molar-refractivity contribution in [2.45, 2.75) is 12.8 Å². The highest BCUT2D eigenvalue weighted by Crippen LogP contribution is 2.23. The maximum atomic E-state index is 5.35. The van der Waals surface area contributed by atoms with Gasteiger partial charge in [-0.3, -0.25) is 4.98 Å². The normalized spacial score (nSPS) is 10.4. The van der Waals surface area contributed by atoms with E-state index in [0.717, 1.165) is 34.9 Å². The average Bonchev–Trinajstić information content (AvgIpc) is 3.15. The van der Waals surface area contributed by atoms with Crippen LogP contribution >= 0.6 is 0 Å². The quantitative estimate of drug-likeness (QED) is 0.504. The van der Waals surface area contributed by atoms with Gasteiger partial charge >= 0.3 is 0 Å². The summed E-state index contributed by atoms with van der Waals surface area (Å²) >= 11 is 0. The predicted molar refractivity (Wildman–Crippen MR) is 98.9 cm³/mol. The molecule has 0 aliphatic carbocycles. The molecule has 4 rings (SSSR count). The fourth-order valence-electron chi connectivity index (χ4n) is 2.71. The minimum absolute atomic E-state index is 0.595. The lowest BCUT2D eigenvalue weighted by molar-refractivity contribution is 0.413. The first-order chi connectivity index (χ1) is 12.4. The van der Waals surface area contributed by atoms with E-state index in [1.807, 2.05) is 48.7 Å². The van der Waals surface area contributed by atoms with Crippen LogP contribution in [0.15, 0.2) is 77.6 Å². The Kier molecular flexibility index (Phi) is 4.26. The molecule has 4 aromatic rings. The van der Waals surface area contributed by atoms with E-state index in [4.69, 9.17) is 4.52 Å². The number of hydrogen-bond donors (Lipinski definition) is 0. The van der Waals surface area contributed by atoms with Gasteiger partial charge < -0.3 is 4.52 Å². The van der Waals surface area contributed by atoms with E-state index < -0.39 is 0 Å². The lowest BCUT2D eigenvalue weighted by atomic mass is 10.1. The molecular weight excluding hydrogens is 308 g/mol. The van der Waals surface area contributed by atoms with E-state index in [9.17, 15) is 0 Å². The highest BCUT2D eigenvalue weighted by atomic mass is 16.5. The van der Waals surface area contributed by atoms with Gasteiger partial charge in [0.2, 0.25) is 5.76 Å². The molecule has 0 aliphatic rings. The zero-order valence-electron chi connectivity index (χ0n) is 13.6. The summed E-state index contributed by atoms with van der Waals surface area (Å²) in [5, 5.41) is 6.37. The molecule has 2 heterocycles. The highest BCUT2D eigenvalue weighted by Gasteiger charge is 2.05. The Morgan fingerprint density at radius 3 is 2.76 bits per heavy atom. The summed E-state index contributed by atoms with van der Waals surface area (Å²) in [6.07, 6.45) is 5.38. The van der Waals surface area contributed by atoms with E-state index >= 15 is 0 Å². The van der Waals surface area contributed by atoms with Crippen molar-refractivity contribution in [3.05, 3.63) is 84.4 Å². The maximum Gasteiger partial charge on any atom is 0.210 e. The van der Waals surface area contributed by atoms with Crippen LogP contribution in [0.1, 0.15) is 17.7 Å². The van der Waals surface area contributed by atoms with Gasteiger partial charge in [0, 0.05) is 35.8 Å². The maximum absolute atomic E-state index is 5.35. The predicted octanol–water partition coefficient (Wildman–Crippen LogP) is 4.87. The molecule has 0 radical (unpaired) electrons. The SMILES string of the molecule is C(#Cc1cc(-c2ccc3cnccc3c2)no1)CCc1ccccc1. The van der Waals surface area contributed by atoms with Crippen molar-refractivity contribution in [2.24, 2.45) is 0 Å². The molecule has 0 fully saturated rings. The molecule has 0 atom stereocenters. The number of benzene rings is 2. The van der Waals surface area contributed by atoms with Crippen LogP contribution in [0.4, 0.5) is 0 Å². The zero-order valence-corrected chi connectivity index (χ0v) is 13.6. The van der Waals surface area contributed by atoms with Crippen LogP contribution in [0.2, 0.25) is 0 Å². The van der Waals surface area contributed by atoms with Crippen molar-refractivity contribution < 1.29 is 4.52 Å². The third kappa shape index (κ3) is 3.59. The van der Waals surface area contributed by atoms with Gasteiger partial charge in [-0.15, -0.1) is 0 Å². The van der Waals surface area contributed by atoms with Crippen molar-refractivity contribution >= 4 is 10.8 Å². The highest BCUT2D eigenvalue weighted by molar-refractivity contribution is 5.86. The second-order valence-corrected chi connectivity index (χ2v) is 5.80. The van der Waals surface area contributed by atoms with Crippen LogP contribution in [0.25, 0.3) is 22.0 Å². The van der Waals surface area contributed by atoms with Crippen molar-refractivity contribution in [2.75, 3.05) is 0 Å². The molecule has 0 spiro atoms. The minimum atomic E-state index is 0.595. The number of fused-ring (bicyclic) bond motifs is 1. The summed E-state index contributed by atoms with van der Waals surface area (Å²) < 4.78 is 5.35. The van der Waals surface area contributed by atoms with Crippen LogP contribution < -0.4 is 0 Å². The summed E-state index contributed by atoms with van der Waals surface area (Å²) in [6.45, 7) is 0. The number of aromatic nitrogens is 2. The summed E-state index contributed by atoms with van der Waals surface area (Å²) in [5.41, 5.74) is 3.10. The molecule has 0 amide bonds. The first-order valence-corrected chi connectivity index (χ1v) is 8.22. The Morgan fingerprint density at radius 1 is 0.920 bits per heavy atom. The molecule has 3 heteroatoms. The molecule has 0 saturated carbocycles. The van der Waals surface area contributed by atoms with Gasteiger partial charge in [0.05, 0.1) is 0 Å². The Labute approximate surface area is 146 Å². The van der Waals surface area contributed by atoms with E-state index in [-0.39, 0.29) is 0 Å². The fourth-order valence-corrected chi connectivity index (χ4v) is 2.71. The van der Waals surface area contributed by atoms with Crippen molar-refractivity contribution in [1.29, 1.82) is 0 Å². The fraction of sp³-hybridized carbons (Fsp3) is 0.0909. The number of hydrogen-bond acceptors (Lipinski definition) is 3. The average molecular weight is 324 g/mol. The topological polar surface area (TPSA) is 38.9 Å². The zero-order chi connectivity index (χ0) is 16.9. The third-order valence-electron chi connectivity index (χ3n) is 4.04. The number of pyridine rings is 1. The smallest absolute Gasteiger partial charge is 0.210 e. The molecule has 2 aromatic carbocycles. The van der Waals surface area contributed by atoms with Gasteiger partial charge in [-0.05, 0) is 35.4 Å². The molecule has 0 unspecified atom stereocenters. The second kappa shape index (κ2) is 7.02. The molecule has 120 valence electrons. The summed E-state index contributed by atoms with van der Waals surface area (Å²) in [6, 6.07) is 20.4. The Hall–Kier alpha value is -3.38. The largest absolute Gasteiger partial charge is 0.347 e. The molecule has 0 saturated heterocycles. The first kappa shape index (κ1) is 15.2. The van der Waals surface area contributed by atoms with Crippen molar-refractivity contribution in [1.82, 2.24) is 10.1 Å². The standard InChI is InChI=1S/C22H16N2O/c1-2-6-17(7-3-1)8-4-5-9-21-15-22(24-25-21)19-10-11-20-16-23-13-12-18(20)14-19/h1-3,6-7,10-16H,4,8H2. The molecule has 3 nitrogen and oxygen atoms in total. The molecular formula is C22H16N2O. The van der Waals surface area contributed by atoms with E-state index in [0.29, 0.717) is 5.76 Å². The molecule has 0 bridgehead atoms. The van der Waals surface area contributed by atoms with Crippen LogP contribution in [-0.4, -0.2) is 10.1 Å². The van der Waals surface area contributed by atoms with Crippen LogP contribution in [0.3, 0.4) is 0 Å². The van der Waals surface area contributed by atoms with E-state index in [1.165, 1.54) is 5.56 Å². The summed E-state index contributed by atoms with van der Waals surface area (Å²) in [4.78, 5) is 4.13. The number of aryl methyl sites for hydroxylation is 1. The molecule has 2 aromatic heterocycles. The summed E-state index contributed by atoms with van der Waals surface area (Å²) in [7, 11) is 0. The number of nitrogens with zero attached hydrogens (tertiary/aromatic N) is 2. The van der Waals surface area contributed by atoms with Crippen LogP contribution in [-0.2, 0) is 6.42 Å². The molecule has 0 aliphatic heterocycles. The third-order valence-corrected chi connectivity index (χ3v) is 4.04. The van der Waals surface area contributed by atoms with E-state index in [1.54, 1.807) is 6.20 Å². The van der Waals surface area contributed by atoms with Gasteiger partial charge in [0.15, 0.2) is 0 Å². The Morgan fingerprint density at radius 2 is 1.84 bits per heavy atom. The van der Waals surface area contributed by atoms with Crippen molar-refractivity contribution in [3.63, 3.8) is 0 Å². The van der Waals surface area contributed by atoms with E-state index in [2.05, 4.69) is 40.2 Å². The van der Waals surface area contributed by atoms with Gasteiger partial charge in [-0.2, -0.15) is 0 Å². The lowest BCUT2D eigenvalue weighted by Crippen LogP contribution is -1.81. The first-order valence-electron chi connectivity index (χ1n) is 8.22. The second-order valence-electron chi connectivity index (χ2n) is 5.80. The van der Waals surface area contributed by atoms with Gasteiger partial charge in [-0.1, -0.05) is 53.5 Å². The minimum Gasteiger partial charge on any atom is -0.347 e. The van der Waals surface area contributed by atoms with Gasteiger partial charge in [0.25, 0.3) is 0 Å². The summed E-state index contributed by atoms with van der Waals surface area (Å²) in [5.74, 6) is 6.80. The van der Waals surface area contributed by atoms with Gasteiger partial charge in [0.1, 0.15) is 5.69 Å². The number of rotatable bonds is 3. The van der Waals surface area contributed by atoms with Crippen LogP contribution in [0, 0.1) is 11.8 Å². The Bertz CT molecular complexity index is 1060. The van der Waals surface area contributed by atoms with Gasteiger partial charge in [-0.25, -0.2) is 0 Å².